The Bertz CT molecular complexity index is 116. The van der Waals surface area contributed by atoms with Gasteiger partial charge in [-0.25, -0.2) is 0 Å². The normalized spacial score (nSPS) is 10.5. The summed E-state index contributed by atoms with van der Waals surface area (Å²) in [6, 6.07) is -0.785. The molecule has 4 N–H and O–H groups in total. The third kappa shape index (κ3) is 12.2. The van der Waals surface area contributed by atoms with Gasteiger partial charge in [-0.2, -0.15) is 0 Å². The molecular formula is C6H14N2O3. The van der Waals surface area contributed by atoms with Crippen molar-refractivity contribution < 1.29 is 14.7 Å². The van der Waals surface area contributed by atoms with Gasteiger partial charge in [0.25, 0.3) is 0 Å². The molecule has 1 unspecified atom stereocenters. The molecule has 0 rings (SSSR count). The first-order valence-corrected chi connectivity index (χ1v) is 3.22. The van der Waals surface area contributed by atoms with Crippen molar-refractivity contribution in [1.29, 1.82) is 0 Å². The van der Waals surface area contributed by atoms with Gasteiger partial charge in [-0.3, -0.25) is 9.59 Å². The lowest BCUT2D eigenvalue weighted by Gasteiger charge is -2.00. The summed E-state index contributed by atoms with van der Waals surface area (Å²) < 4.78 is 0. The van der Waals surface area contributed by atoms with Crippen molar-refractivity contribution in [2.24, 2.45) is 5.73 Å². The van der Waals surface area contributed by atoms with E-state index in [9.17, 15) is 9.59 Å². The molecule has 0 aromatic heterocycles. The minimum Gasteiger partial charge on any atom is -0.480 e. The fourth-order valence-electron chi connectivity index (χ4n) is 0.173. The van der Waals surface area contributed by atoms with Crippen LogP contribution in [0.3, 0.4) is 0 Å². The van der Waals surface area contributed by atoms with Crippen molar-refractivity contribution in [3.63, 3.8) is 0 Å². The zero-order chi connectivity index (χ0) is 9.28. The largest absolute Gasteiger partial charge is 0.480 e. The van der Waals surface area contributed by atoms with Gasteiger partial charge < -0.3 is 16.2 Å². The smallest absolute Gasteiger partial charge is 0.325 e. The van der Waals surface area contributed by atoms with Crippen LogP contribution >= 0.6 is 0 Å². The number of nitrogens with two attached hydrogens (primary N) is 1. The minimum absolute atomic E-state index is 0.360. The number of aliphatic carboxylic acids is 1. The van der Waals surface area contributed by atoms with E-state index in [4.69, 9.17) is 10.8 Å². The SMILES string of the molecule is CC(NC=O)C(=O)O.CCN. The second-order valence-electron chi connectivity index (χ2n) is 1.75. The van der Waals surface area contributed by atoms with E-state index in [1.807, 2.05) is 6.92 Å². The molecule has 0 aromatic rings. The standard InChI is InChI=1S/C4H7NO3.C2H7N/c1-3(4(7)8)5-2-6;1-2-3/h2-3H,1H3,(H,5,6)(H,7,8);2-3H2,1H3. The van der Waals surface area contributed by atoms with Gasteiger partial charge in [0.1, 0.15) is 6.04 Å². The minimum atomic E-state index is -1.03. The number of amides is 1. The number of rotatable bonds is 3. The average molecular weight is 162 g/mol. The van der Waals surface area contributed by atoms with Crippen molar-refractivity contribution in [1.82, 2.24) is 5.32 Å². The van der Waals surface area contributed by atoms with Gasteiger partial charge in [-0.05, 0) is 13.5 Å². The van der Waals surface area contributed by atoms with Crippen molar-refractivity contribution in [2.75, 3.05) is 6.54 Å². The summed E-state index contributed by atoms with van der Waals surface area (Å²) in [5.41, 5.74) is 4.85. The fourth-order valence-corrected chi connectivity index (χ4v) is 0.173. The third-order valence-electron chi connectivity index (χ3n) is 0.688. The van der Waals surface area contributed by atoms with E-state index in [2.05, 4.69) is 5.32 Å². The Balaban J connectivity index is 0. The van der Waals surface area contributed by atoms with Crippen LogP contribution in [-0.2, 0) is 9.59 Å². The van der Waals surface area contributed by atoms with Gasteiger partial charge in [0, 0.05) is 0 Å². The number of carbonyl (C=O) groups excluding carboxylic acids is 1. The number of nitrogens with one attached hydrogen (secondary N) is 1. The number of carbonyl (C=O) groups is 2. The highest BCUT2D eigenvalue weighted by Gasteiger charge is 2.06. The molecule has 0 saturated heterocycles. The average Bonchev–Trinajstić information content (AvgIpc) is 1.90. The van der Waals surface area contributed by atoms with Crippen LogP contribution in [0.15, 0.2) is 0 Å². The summed E-state index contributed by atoms with van der Waals surface area (Å²) in [6.45, 7) is 4.04. The maximum Gasteiger partial charge on any atom is 0.325 e. The number of carboxylic acids is 1. The lowest BCUT2D eigenvalue weighted by molar-refractivity contribution is -0.140. The number of hydrogen-bond acceptors (Lipinski definition) is 3. The summed E-state index contributed by atoms with van der Waals surface area (Å²) >= 11 is 0. The van der Waals surface area contributed by atoms with Crippen LogP contribution in [0.4, 0.5) is 0 Å². The molecule has 0 spiro atoms. The molecule has 0 aliphatic carbocycles. The second-order valence-corrected chi connectivity index (χ2v) is 1.75. The molecule has 0 aliphatic rings. The van der Waals surface area contributed by atoms with E-state index in [1.165, 1.54) is 6.92 Å². The van der Waals surface area contributed by atoms with Crippen molar-refractivity contribution >= 4 is 12.4 Å². The van der Waals surface area contributed by atoms with E-state index in [0.29, 0.717) is 6.41 Å². The molecule has 5 nitrogen and oxygen atoms in total. The van der Waals surface area contributed by atoms with Crippen LogP contribution < -0.4 is 11.1 Å². The topological polar surface area (TPSA) is 92.4 Å². The fraction of sp³-hybridized carbons (Fsp3) is 0.667. The van der Waals surface area contributed by atoms with Crippen LogP contribution in [0.1, 0.15) is 13.8 Å². The van der Waals surface area contributed by atoms with Gasteiger partial charge in [-0.1, -0.05) is 6.92 Å². The van der Waals surface area contributed by atoms with Crippen molar-refractivity contribution in [3.05, 3.63) is 0 Å². The van der Waals surface area contributed by atoms with E-state index in [-0.39, 0.29) is 0 Å². The number of carboxylic acid groups (broad SMARTS) is 1. The predicted octanol–water partition coefficient (Wildman–Crippen LogP) is -0.829. The summed E-state index contributed by atoms with van der Waals surface area (Å²) in [6.07, 6.45) is 0.360. The van der Waals surface area contributed by atoms with Crippen LogP contribution in [0.5, 0.6) is 0 Å². The first-order chi connectivity index (χ1) is 5.09. The summed E-state index contributed by atoms with van der Waals surface area (Å²) in [7, 11) is 0. The highest BCUT2D eigenvalue weighted by atomic mass is 16.4. The lowest BCUT2D eigenvalue weighted by Crippen LogP contribution is -2.32. The van der Waals surface area contributed by atoms with Crippen molar-refractivity contribution in [3.8, 4) is 0 Å². The molecule has 0 radical (unpaired) electrons. The zero-order valence-electron chi connectivity index (χ0n) is 6.70. The third-order valence-corrected chi connectivity index (χ3v) is 0.688. The molecule has 0 aromatic carbocycles. The lowest BCUT2D eigenvalue weighted by atomic mass is 10.4. The van der Waals surface area contributed by atoms with Gasteiger partial charge in [-0.15, -0.1) is 0 Å². The second kappa shape index (κ2) is 8.90. The van der Waals surface area contributed by atoms with E-state index < -0.39 is 12.0 Å². The summed E-state index contributed by atoms with van der Waals surface area (Å²) in [5, 5.41) is 10.2. The Labute approximate surface area is 65.6 Å². The summed E-state index contributed by atoms with van der Waals surface area (Å²) in [4.78, 5) is 19.4. The number of hydrogen-bond donors (Lipinski definition) is 3. The highest BCUT2D eigenvalue weighted by molar-refractivity contribution is 5.75. The maximum atomic E-state index is 9.87. The summed E-state index contributed by atoms with van der Waals surface area (Å²) in [5.74, 6) is -1.03. The Kier molecular flexibility index (Phi) is 10.2. The van der Waals surface area contributed by atoms with Gasteiger partial charge in [0.2, 0.25) is 6.41 Å². The van der Waals surface area contributed by atoms with Crippen molar-refractivity contribution in [2.45, 2.75) is 19.9 Å². The molecular weight excluding hydrogens is 148 g/mol. The Morgan fingerprint density at radius 2 is 2.18 bits per heavy atom. The molecule has 1 amide bonds. The van der Waals surface area contributed by atoms with Crippen LogP contribution in [0, 0.1) is 0 Å². The quantitative estimate of drug-likeness (QED) is 0.472. The highest BCUT2D eigenvalue weighted by Crippen LogP contribution is 1.75. The molecule has 0 heterocycles. The molecule has 0 saturated carbocycles. The first-order valence-electron chi connectivity index (χ1n) is 3.22. The molecule has 5 heteroatoms. The van der Waals surface area contributed by atoms with Crippen LogP contribution in [0.25, 0.3) is 0 Å². The predicted molar refractivity (Wildman–Crippen MR) is 41.0 cm³/mol. The van der Waals surface area contributed by atoms with Gasteiger partial charge in [0.05, 0.1) is 0 Å². The van der Waals surface area contributed by atoms with Gasteiger partial charge in [0.15, 0.2) is 0 Å². The molecule has 0 bridgehead atoms. The van der Waals surface area contributed by atoms with E-state index in [1.54, 1.807) is 0 Å². The van der Waals surface area contributed by atoms with E-state index >= 15 is 0 Å². The Morgan fingerprint density at radius 1 is 1.82 bits per heavy atom. The molecule has 11 heavy (non-hydrogen) atoms. The first kappa shape index (κ1) is 12.6. The molecule has 0 aliphatic heterocycles. The van der Waals surface area contributed by atoms with Crippen LogP contribution in [-0.4, -0.2) is 30.1 Å². The molecule has 0 fully saturated rings. The van der Waals surface area contributed by atoms with E-state index in [0.717, 1.165) is 6.54 Å². The molecule has 1 atom stereocenters. The Hall–Kier alpha value is -1.10. The maximum absolute atomic E-state index is 9.87. The molecule has 66 valence electrons. The van der Waals surface area contributed by atoms with Crippen LogP contribution in [0.2, 0.25) is 0 Å². The zero-order valence-corrected chi connectivity index (χ0v) is 6.70. The van der Waals surface area contributed by atoms with Gasteiger partial charge >= 0.3 is 5.97 Å². The Morgan fingerprint density at radius 3 is 2.27 bits per heavy atom. The monoisotopic (exact) mass is 162 g/mol.